The fourth-order valence-corrected chi connectivity index (χ4v) is 5.34. The molecule has 5 heteroatoms. The average molecular weight is 473 g/mol. The molecule has 0 spiro atoms. The van der Waals surface area contributed by atoms with Crippen LogP contribution in [0.5, 0.6) is 0 Å². The fourth-order valence-electron chi connectivity index (χ4n) is 5.34. The van der Waals surface area contributed by atoms with E-state index < -0.39 is 0 Å². The molecule has 1 aliphatic carbocycles. The smallest absolute Gasteiger partial charge is 0.225 e. The first-order chi connectivity index (χ1) is 17.1. The highest BCUT2D eigenvalue weighted by molar-refractivity contribution is 5.71. The van der Waals surface area contributed by atoms with Gasteiger partial charge in [0.05, 0.1) is 12.2 Å². The molecule has 1 aliphatic heterocycles. The number of fused-ring (bicyclic) bond motifs is 1. The van der Waals surface area contributed by atoms with Crippen LogP contribution in [0.2, 0.25) is 0 Å². The zero-order valence-electron chi connectivity index (χ0n) is 21.7. The Labute approximate surface area is 211 Å². The van der Waals surface area contributed by atoms with Gasteiger partial charge in [0, 0.05) is 38.6 Å². The number of piperidine rings is 1. The Bertz CT molecular complexity index is 1050. The highest BCUT2D eigenvalue weighted by Gasteiger charge is 2.25. The molecule has 0 bridgehead atoms. The van der Waals surface area contributed by atoms with Gasteiger partial charge in [-0.3, -0.25) is 4.90 Å². The van der Waals surface area contributed by atoms with E-state index in [1.54, 1.807) is 0 Å². The number of benzene rings is 1. The minimum absolute atomic E-state index is 0.574. The fraction of sp³-hybridized carbons (Fsp3) is 0.500. The summed E-state index contributed by atoms with van der Waals surface area (Å²) in [6.45, 7) is 16.1. The van der Waals surface area contributed by atoms with Gasteiger partial charge in [0.2, 0.25) is 5.95 Å². The molecule has 1 unspecified atom stereocenters. The van der Waals surface area contributed by atoms with Crippen molar-refractivity contribution in [2.75, 3.05) is 44.2 Å². The Morgan fingerprint density at radius 1 is 1.14 bits per heavy atom. The lowest BCUT2D eigenvalue weighted by molar-refractivity contribution is 0.240. The van der Waals surface area contributed by atoms with Crippen LogP contribution in [0.25, 0.3) is 11.3 Å². The molecular weight excluding hydrogens is 432 g/mol. The van der Waals surface area contributed by atoms with Gasteiger partial charge in [0.1, 0.15) is 0 Å². The molecule has 0 radical (unpaired) electrons. The van der Waals surface area contributed by atoms with E-state index in [9.17, 15) is 0 Å². The van der Waals surface area contributed by atoms with Crippen molar-refractivity contribution in [3.05, 3.63) is 71.7 Å². The molecule has 2 aliphatic rings. The molecule has 1 aromatic heterocycles. The van der Waals surface area contributed by atoms with Crippen molar-refractivity contribution in [1.29, 1.82) is 0 Å². The second kappa shape index (κ2) is 12.2. The molecule has 0 amide bonds. The number of anilines is 1. The van der Waals surface area contributed by atoms with E-state index in [1.165, 1.54) is 42.4 Å². The quantitative estimate of drug-likeness (QED) is 0.321. The summed E-state index contributed by atoms with van der Waals surface area (Å²) in [5.41, 5.74) is 8.15. The Morgan fingerprint density at radius 2 is 1.89 bits per heavy atom. The number of allylic oxidation sites excluding steroid dienone is 1. The average Bonchev–Trinajstić information content (AvgIpc) is 2.91. The van der Waals surface area contributed by atoms with Crippen molar-refractivity contribution in [2.45, 2.75) is 46.5 Å². The molecule has 2 heterocycles. The Balaban J connectivity index is 1.33. The van der Waals surface area contributed by atoms with Crippen molar-refractivity contribution in [2.24, 2.45) is 11.8 Å². The molecule has 1 aromatic carbocycles. The molecule has 1 saturated heterocycles. The summed E-state index contributed by atoms with van der Waals surface area (Å²) in [5.74, 6) is 2.78. The Hall–Kier alpha value is -2.88. The van der Waals surface area contributed by atoms with E-state index in [2.05, 4.69) is 76.3 Å². The van der Waals surface area contributed by atoms with E-state index in [1.807, 2.05) is 19.3 Å². The van der Waals surface area contributed by atoms with Gasteiger partial charge in [-0.15, -0.1) is 0 Å². The molecule has 186 valence electrons. The highest BCUT2D eigenvalue weighted by Crippen LogP contribution is 2.32. The second-order valence-electron chi connectivity index (χ2n) is 9.69. The maximum atomic E-state index is 5.55. The predicted molar refractivity (Wildman–Crippen MR) is 145 cm³/mol. The number of likely N-dealkylation sites (N-methyl/N-ethyl adjacent to an activating group) is 1. The van der Waals surface area contributed by atoms with Crippen LogP contribution in [0.15, 0.2) is 55.0 Å². The third-order valence-corrected chi connectivity index (χ3v) is 7.41. The lowest BCUT2D eigenvalue weighted by Crippen LogP contribution is -2.40. The summed E-state index contributed by atoms with van der Waals surface area (Å²) in [4.78, 5) is 14.1. The number of nitrogens with zero attached hydrogens (tertiary/aromatic N) is 4. The van der Waals surface area contributed by atoms with Gasteiger partial charge in [-0.1, -0.05) is 56.5 Å². The standard InChI is InChI=1S/C30H40N4O/c1-5-23-17-25-11-9-10-12-28(25)26(18-23)22-33(7-3)21-24-13-15-34(16-14-24)30-31-19-27(20-32-30)29(6-2)35-8-4/h9-12,18-20,23-24H,2,5,7-8,13-17,21-22H2,1,3-4H3. The van der Waals surface area contributed by atoms with Gasteiger partial charge < -0.3 is 9.64 Å². The van der Waals surface area contributed by atoms with Gasteiger partial charge in [-0.25, -0.2) is 9.97 Å². The zero-order valence-corrected chi connectivity index (χ0v) is 21.7. The van der Waals surface area contributed by atoms with Crippen LogP contribution < -0.4 is 4.90 Å². The molecule has 4 rings (SSSR count). The number of hydrogen-bond acceptors (Lipinski definition) is 5. The van der Waals surface area contributed by atoms with Crippen molar-refractivity contribution >= 4 is 17.3 Å². The molecule has 0 saturated carbocycles. The summed E-state index contributed by atoms with van der Waals surface area (Å²) >= 11 is 0. The molecule has 1 atom stereocenters. The number of aromatic nitrogens is 2. The third-order valence-electron chi connectivity index (χ3n) is 7.41. The maximum absolute atomic E-state index is 5.55. The lowest BCUT2D eigenvalue weighted by atomic mass is 9.83. The third kappa shape index (κ3) is 6.22. The van der Waals surface area contributed by atoms with Crippen molar-refractivity contribution in [1.82, 2.24) is 14.9 Å². The largest absolute Gasteiger partial charge is 0.486 e. The van der Waals surface area contributed by atoms with Crippen LogP contribution >= 0.6 is 0 Å². The predicted octanol–water partition coefficient (Wildman–Crippen LogP) is 5.84. The number of rotatable bonds is 10. The van der Waals surface area contributed by atoms with E-state index in [0.29, 0.717) is 24.2 Å². The zero-order chi connectivity index (χ0) is 24.6. The first-order valence-corrected chi connectivity index (χ1v) is 13.3. The van der Waals surface area contributed by atoms with Gasteiger partial charge in [0.15, 0.2) is 5.76 Å². The first kappa shape index (κ1) is 25.2. The van der Waals surface area contributed by atoms with Crippen LogP contribution in [-0.2, 0) is 11.2 Å². The SMILES string of the molecule is C=C=C(OCC)c1cnc(N2CCC(CN(CC)CC3=CC(CC)Cc4ccccc43)CC2)nc1. The van der Waals surface area contributed by atoms with Crippen LogP contribution in [0.1, 0.15) is 56.7 Å². The molecule has 2 aromatic rings. The topological polar surface area (TPSA) is 41.5 Å². The van der Waals surface area contributed by atoms with Crippen LogP contribution in [0.4, 0.5) is 5.95 Å². The lowest BCUT2D eigenvalue weighted by Gasteiger charge is -2.35. The van der Waals surface area contributed by atoms with Crippen LogP contribution in [0.3, 0.4) is 0 Å². The Kier molecular flexibility index (Phi) is 8.79. The molecule has 1 fully saturated rings. The highest BCUT2D eigenvalue weighted by atomic mass is 16.5. The summed E-state index contributed by atoms with van der Waals surface area (Å²) in [6, 6.07) is 9.00. The number of ether oxygens (including phenoxy) is 1. The van der Waals surface area contributed by atoms with Gasteiger partial charge >= 0.3 is 0 Å². The van der Waals surface area contributed by atoms with E-state index >= 15 is 0 Å². The summed E-state index contributed by atoms with van der Waals surface area (Å²) in [6.07, 6.45) is 10.9. The Morgan fingerprint density at radius 3 is 2.54 bits per heavy atom. The van der Waals surface area contributed by atoms with Gasteiger partial charge in [0.25, 0.3) is 0 Å². The molecule has 35 heavy (non-hydrogen) atoms. The van der Waals surface area contributed by atoms with Gasteiger partial charge in [-0.05, 0) is 67.7 Å². The summed E-state index contributed by atoms with van der Waals surface area (Å²) in [5, 5.41) is 0. The van der Waals surface area contributed by atoms with Gasteiger partial charge in [-0.2, -0.15) is 0 Å². The van der Waals surface area contributed by atoms with Crippen LogP contribution in [-0.4, -0.2) is 54.2 Å². The van der Waals surface area contributed by atoms with E-state index in [-0.39, 0.29) is 0 Å². The minimum Gasteiger partial charge on any atom is -0.486 e. The monoisotopic (exact) mass is 472 g/mol. The first-order valence-electron chi connectivity index (χ1n) is 13.3. The normalized spacial score (nSPS) is 18.1. The molecule has 0 N–H and O–H groups in total. The number of hydrogen-bond donors (Lipinski definition) is 0. The van der Waals surface area contributed by atoms with Crippen molar-refractivity contribution in [3.63, 3.8) is 0 Å². The molecule has 5 nitrogen and oxygen atoms in total. The van der Waals surface area contributed by atoms with E-state index in [0.717, 1.165) is 44.2 Å². The summed E-state index contributed by atoms with van der Waals surface area (Å²) < 4.78 is 5.55. The molecular formula is C30H40N4O. The minimum atomic E-state index is 0.574. The van der Waals surface area contributed by atoms with E-state index in [4.69, 9.17) is 4.74 Å². The summed E-state index contributed by atoms with van der Waals surface area (Å²) in [7, 11) is 0. The maximum Gasteiger partial charge on any atom is 0.225 e. The van der Waals surface area contributed by atoms with Crippen molar-refractivity contribution in [3.8, 4) is 0 Å². The second-order valence-corrected chi connectivity index (χ2v) is 9.69. The van der Waals surface area contributed by atoms with Crippen LogP contribution in [0, 0.1) is 11.8 Å². The van der Waals surface area contributed by atoms with Crippen molar-refractivity contribution < 1.29 is 4.74 Å².